The van der Waals surface area contributed by atoms with Crippen LogP contribution in [-0.4, -0.2) is 16.8 Å². The van der Waals surface area contributed by atoms with E-state index in [1.54, 1.807) is 6.08 Å². The molecule has 1 aliphatic heterocycles. The van der Waals surface area contributed by atoms with E-state index in [-0.39, 0.29) is 17.3 Å². The Kier molecular flexibility index (Phi) is 6.08. The van der Waals surface area contributed by atoms with Gasteiger partial charge in [-0.15, -0.1) is 0 Å². The van der Waals surface area contributed by atoms with Crippen LogP contribution in [0.4, 0.5) is 5.69 Å². The van der Waals surface area contributed by atoms with E-state index in [4.69, 9.17) is 9.47 Å². The Morgan fingerprint density at radius 1 is 1.03 bits per heavy atom. The highest BCUT2D eigenvalue weighted by Crippen LogP contribution is 2.26. The fourth-order valence-electron chi connectivity index (χ4n) is 2.91. The number of esters is 1. The predicted octanol–water partition coefficient (Wildman–Crippen LogP) is 5.12. The van der Waals surface area contributed by atoms with Gasteiger partial charge in [0, 0.05) is 32.4 Å². The Bertz CT molecular complexity index is 1220. The smallest absolute Gasteiger partial charge is 0.363 e. The molecule has 31 heavy (non-hydrogen) atoms. The molecule has 4 rings (SSSR count). The maximum Gasteiger partial charge on any atom is 0.363 e. The van der Waals surface area contributed by atoms with E-state index in [9.17, 15) is 14.9 Å². The number of nitro benzene ring substituents is 1. The lowest BCUT2D eigenvalue weighted by Gasteiger charge is -2.10. The first kappa shape index (κ1) is 20.7. The molecule has 0 spiro atoms. The van der Waals surface area contributed by atoms with E-state index in [0.717, 1.165) is 9.13 Å². The number of carbonyl (C=O) groups excluding carboxylic acids is 1. The lowest BCUT2D eigenvalue weighted by Crippen LogP contribution is -2.05. The van der Waals surface area contributed by atoms with Crippen LogP contribution in [0.5, 0.6) is 5.75 Å². The number of halogens is 1. The highest BCUT2D eigenvalue weighted by molar-refractivity contribution is 14.1. The zero-order valence-electron chi connectivity index (χ0n) is 16.0. The normalized spacial score (nSPS) is 14.3. The number of non-ortho nitro benzene ring substituents is 1. The van der Waals surface area contributed by atoms with Gasteiger partial charge in [-0.1, -0.05) is 36.4 Å². The summed E-state index contributed by atoms with van der Waals surface area (Å²) in [6, 6.07) is 20.9. The molecule has 0 radical (unpaired) electrons. The molecule has 3 aromatic carbocycles. The summed E-state index contributed by atoms with van der Waals surface area (Å²) < 4.78 is 12.3. The SMILES string of the molecule is O=C1OC(c2ccc([N+](=O)[O-])cc2)=N/C1=C\c1ccccc1OCc1ccccc1I. The van der Waals surface area contributed by atoms with Crippen LogP contribution < -0.4 is 4.74 Å². The Morgan fingerprint density at radius 3 is 2.48 bits per heavy atom. The van der Waals surface area contributed by atoms with E-state index in [1.165, 1.54) is 24.3 Å². The number of para-hydroxylation sites is 1. The third-order valence-corrected chi connectivity index (χ3v) is 5.55. The minimum atomic E-state index is -0.597. The van der Waals surface area contributed by atoms with Crippen molar-refractivity contribution in [2.24, 2.45) is 4.99 Å². The molecule has 1 heterocycles. The molecule has 0 fully saturated rings. The van der Waals surface area contributed by atoms with Crippen LogP contribution >= 0.6 is 22.6 Å². The third-order valence-electron chi connectivity index (χ3n) is 4.50. The number of benzene rings is 3. The van der Waals surface area contributed by atoms with Gasteiger partial charge in [0.05, 0.1) is 4.92 Å². The van der Waals surface area contributed by atoms with Gasteiger partial charge in [0.1, 0.15) is 12.4 Å². The average Bonchev–Trinajstić information content (AvgIpc) is 3.14. The number of hydrogen-bond donors (Lipinski definition) is 0. The van der Waals surface area contributed by atoms with Crippen LogP contribution in [0.3, 0.4) is 0 Å². The van der Waals surface area contributed by atoms with Crippen molar-refractivity contribution in [3.8, 4) is 5.75 Å². The van der Waals surface area contributed by atoms with Crippen LogP contribution in [0.2, 0.25) is 0 Å². The van der Waals surface area contributed by atoms with Crippen LogP contribution in [0, 0.1) is 13.7 Å². The summed E-state index contributed by atoms with van der Waals surface area (Å²) in [5.74, 6) is 0.116. The van der Waals surface area contributed by atoms with Gasteiger partial charge >= 0.3 is 5.97 Å². The van der Waals surface area contributed by atoms with Crippen molar-refractivity contribution in [3.63, 3.8) is 0 Å². The van der Waals surface area contributed by atoms with Crippen molar-refractivity contribution in [1.29, 1.82) is 0 Å². The molecule has 0 amide bonds. The Labute approximate surface area is 191 Å². The van der Waals surface area contributed by atoms with E-state index >= 15 is 0 Å². The van der Waals surface area contributed by atoms with E-state index in [0.29, 0.717) is 23.5 Å². The highest BCUT2D eigenvalue weighted by atomic mass is 127. The second-order valence-electron chi connectivity index (χ2n) is 6.56. The second-order valence-corrected chi connectivity index (χ2v) is 7.72. The van der Waals surface area contributed by atoms with E-state index < -0.39 is 10.9 Å². The molecular weight excluding hydrogens is 511 g/mol. The quantitative estimate of drug-likeness (QED) is 0.146. The fourth-order valence-corrected chi connectivity index (χ4v) is 3.45. The molecule has 1 aliphatic rings. The third kappa shape index (κ3) is 4.80. The number of cyclic esters (lactones) is 1. The molecular formula is C23H15IN2O5. The van der Waals surface area contributed by atoms with E-state index in [1.807, 2.05) is 48.5 Å². The predicted molar refractivity (Wildman–Crippen MR) is 124 cm³/mol. The Balaban J connectivity index is 1.57. The molecule has 7 nitrogen and oxygen atoms in total. The molecule has 8 heteroatoms. The molecule has 0 unspecified atom stereocenters. The molecule has 0 bridgehead atoms. The fraction of sp³-hybridized carbons (Fsp3) is 0.0435. The number of carbonyl (C=O) groups is 1. The van der Waals surface area contributed by atoms with Gasteiger partial charge in [-0.05, 0) is 52.9 Å². The first-order valence-corrected chi connectivity index (χ1v) is 10.3. The lowest BCUT2D eigenvalue weighted by molar-refractivity contribution is -0.384. The summed E-state index contributed by atoms with van der Waals surface area (Å²) in [6.45, 7) is 0.390. The average molecular weight is 526 g/mol. The number of hydrogen-bond acceptors (Lipinski definition) is 6. The zero-order valence-corrected chi connectivity index (χ0v) is 18.2. The largest absolute Gasteiger partial charge is 0.488 e. The highest BCUT2D eigenvalue weighted by Gasteiger charge is 2.25. The Morgan fingerprint density at radius 2 is 1.74 bits per heavy atom. The summed E-state index contributed by atoms with van der Waals surface area (Å²) in [5, 5.41) is 10.8. The van der Waals surface area contributed by atoms with Crippen molar-refractivity contribution >= 4 is 46.2 Å². The number of nitro groups is 1. The minimum absolute atomic E-state index is 0.0522. The Hall–Kier alpha value is -3.53. The molecule has 0 N–H and O–H groups in total. The topological polar surface area (TPSA) is 91.0 Å². The molecule has 3 aromatic rings. The number of aliphatic imine (C=N–C) groups is 1. The lowest BCUT2D eigenvalue weighted by atomic mass is 10.1. The molecule has 0 saturated heterocycles. The maximum atomic E-state index is 12.3. The summed E-state index contributed by atoms with van der Waals surface area (Å²) in [4.78, 5) is 26.9. The summed E-state index contributed by atoms with van der Waals surface area (Å²) in [7, 11) is 0. The van der Waals surface area contributed by atoms with Gasteiger partial charge in [0.25, 0.3) is 5.69 Å². The number of ether oxygens (including phenoxy) is 2. The first-order chi connectivity index (χ1) is 15.0. The van der Waals surface area contributed by atoms with Crippen molar-refractivity contribution < 1.29 is 19.2 Å². The number of rotatable bonds is 6. The molecule has 0 atom stereocenters. The van der Waals surface area contributed by atoms with Gasteiger partial charge in [-0.3, -0.25) is 10.1 Å². The molecule has 0 aliphatic carbocycles. The number of nitrogens with zero attached hydrogens (tertiary/aromatic N) is 2. The van der Waals surface area contributed by atoms with Gasteiger partial charge in [-0.25, -0.2) is 9.79 Å². The van der Waals surface area contributed by atoms with Crippen molar-refractivity contribution in [1.82, 2.24) is 0 Å². The van der Waals surface area contributed by atoms with Crippen LogP contribution in [0.1, 0.15) is 16.7 Å². The van der Waals surface area contributed by atoms with Gasteiger partial charge in [0.15, 0.2) is 5.70 Å². The minimum Gasteiger partial charge on any atom is -0.488 e. The summed E-state index contributed by atoms with van der Waals surface area (Å²) in [5.41, 5.74) is 2.30. The van der Waals surface area contributed by atoms with Crippen LogP contribution in [0.25, 0.3) is 6.08 Å². The zero-order chi connectivity index (χ0) is 21.8. The van der Waals surface area contributed by atoms with Crippen molar-refractivity contribution in [2.75, 3.05) is 0 Å². The summed E-state index contributed by atoms with van der Waals surface area (Å²) >= 11 is 2.26. The molecule has 0 saturated carbocycles. The van der Waals surface area contributed by atoms with E-state index in [2.05, 4.69) is 27.6 Å². The maximum absolute atomic E-state index is 12.3. The van der Waals surface area contributed by atoms with Crippen molar-refractivity contribution in [2.45, 2.75) is 6.61 Å². The first-order valence-electron chi connectivity index (χ1n) is 9.24. The summed E-state index contributed by atoms with van der Waals surface area (Å²) in [6.07, 6.45) is 1.60. The monoisotopic (exact) mass is 526 g/mol. The van der Waals surface area contributed by atoms with Crippen LogP contribution in [0.15, 0.2) is 83.5 Å². The van der Waals surface area contributed by atoms with Crippen LogP contribution in [-0.2, 0) is 16.1 Å². The molecule has 154 valence electrons. The van der Waals surface area contributed by atoms with Gasteiger partial charge in [0.2, 0.25) is 5.90 Å². The van der Waals surface area contributed by atoms with Gasteiger partial charge in [-0.2, -0.15) is 0 Å². The standard InChI is InChI=1S/C23H15IN2O5/c24-19-7-3-1-6-17(19)14-30-21-8-4-2-5-16(21)13-20-23(27)31-22(25-20)15-9-11-18(12-10-15)26(28)29/h1-13H,14H2/b20-13-. The van der Waals surface area contributed by atoms with Crippen molar-refractivity contribution in [3.05, 3.63) is 109 Å². The molecule has 0 aromatic heterocycles. The van der Waals surface area contributed by atoms with Gasteiger partial charge < -0.3 is 9.47 Å². The second kappa shape index (κ2) is 9.09.